The van der Waals surface area contributed by atoms with Crippen LogP contribution in [0.1, 0.15) is 19.3 Å². The van der Waals surface area contributed by atoms with Crippen molar-refractivity contribution in [2.24, 2.45) is 22.7 Å². The molecule has 13 heavy (non-hydrogen) atoms. The molecule has 0 amide bonds. The van der Waals surface area contributed by atoms with Gasteiger partial charge < -0.3 is 11.2 Å². The zero-order valence-electron chi connectivity index (χ0n) is 7.57. The number of nitrogens with one attached hydrogen (secondary N) is 1. The molecule has 4 nitrogen and oxygen atoms in total. The van der Waals surface area contributed by atoms with Crippen LogP contribution in [0.2, 0.25) is 0 Å². The molecule has 0 radical (unpaired) electrons. The summed E-state index contributed by atoms with van der Waals surface area (Å²) in [6.07, 6.45) is 4.87. The molecule has 1 aliphatic heterocycles. The number of hydrogen-bond donors (Lipinski definition) is 2. The Labute approximate surface area is 77.6 Å². The molecule has 3 unspecified atom stereocenters. The third-order valence-corrected chi connectivity index (χ3v) is 3.06. The maximum Gasteiger partial charge on any atom is 0.149 e. The van der Waals surface area contributed by atoms with Crippen LogP contribution in [0.15, 0.2) is 5.10 Å². The number of nitrogens with two attached hydrogens (primary N) is 1. The van der Waals surface area contributed by atoms with Crippen LogP contribution in [0.4, 0.5) is 0 Å². The van der Waals surface area contributed by atoms with Gasteiger partial charge in [-0.1, -0.05) is 0 Å². The van der Waals surface area contributed by atoms with Crippen LogP contribution < -0.4 is 11.2 Å². The van der Waals surface area contributed by atoms with Gasteiger partial charge in [0, 0.05) is 18.1 Å². The third kappa shape index (κ3) is 1.58. The second-order valence-corrected chi connectivity index (χ2v) is 3.86. The largest absolute Gasteiger partial charge is 0.324 e. The van der Waals surface area contributed by atoms with E-state index in [1.807, 2.05) is 6.21 Å². The van der Waals surface area contributed by atoms with Crippen LogP contribution in [-0.4, -0.2) is 24.6 Å². The maximum atomic E-state index is 11.4. The van der Waals surface area contributed by atoms with Gasteiger partial charge in [-0.25, -0.2) is 0 Å². The van der Waals surface area contributed by atoms with Crippen molar-refractivity contribution >= 4 is 12.0 Å². The molecule has 0 bridgehead atoms. The smallest absolute Gasteiger partial charge is 0.149 e. The lowest BCUT2D eigenvalue weighted by atomic mass is 9.77. The van der Waals surface area contributed by atoms with Crippen molar-refractivity contribution in [3.8, 4) is 0 Å². The third-order valence-electron chi connectivity index (χ3n) is 3.06. The molecule has 0 aromatic carbocycles. The second-order valence-electron chi connectivity index (χ2n) is 3.86. The minimum atomic E-state index is 0.178. The Morgan fingerprint density at radius 2 is 2.46 bits per heavy atom. The van der Waals surface area contributed by atoms with Crippen LogP contribution in [0.5, 0.6) is 0 Å². The fourth-order valence-electron chi connectivity index (χ4n) is 2.22. The van der Waals surface area contributed by atoms with Crippen molar-refractivity contribution < 1.29 is 4.79 Å². The number of Topliss-reactive ketones (excluding diaryl/α,β-unsaturated/α-hetero) is 1. The molecule has 4 heteroatoms. The van der Waals surface area contributed by atoms with Crippen molar-refractivity contribution in [3.63, 3.8) is 0 Å². The zero-order valence-corrected chi connectivity index (χ0v) is 7.57. The monoisotopic (exact) mass is 181 g/mol. The van der Waals surface area contributed by atoms with Gasteiger partial charge in [-0.05, 0) is 19.3 Å². The molecule has 2 aliphatic rings. The van der Waals surface area contributed by atoms with Crippen molar-refractivity contribution in [1.82, 2.24) is 5.43 Å². The number of hydrazone groups is 1. The van der Waals surface area contributed by atoms with Gasteiger partial charge in [0.05, 0.1) is 12.6 Å². The van der Waals surface area contributed by atoms with Crippen molar-refractivity contribution in [3.05, 3.63) is 0 Å². The highest BCUT2D eigenvalue weighted by atomic mass is 16.1. The van der Waals surface area contributed by atoms with Crippen molar-refractivity contribution in [2.45, 2.75) is 25.3 Å². The topological polar surface area (TPSA) is 67.5 Å². The number of carbonyl (C=O) groups is 1. The van der Waals surface area contributed by atoms with E-state index in [-0.39, 0.29) is 18.2 Å². The van der Waals surface area contributed by atoms with Crippen LogP contribution >= 0.6 is 0 Å². The molecule has 0 aromatic heterocycles. The molecule has 72 valence electrons. The highest BCUT2D eigenvalue weighted by Crippen LogP contribution is 2.30. The summed E-state index contributed by atoms with van der Waals surface area (Å²) in [5.41, 5.74) is 8.40. The molecular formula is C9H15N3O. The van der Waals surface area contributed by atoms with Crippen LogP contribution in [0.3, 0.4) is 0 Å². The van der Waals surface area contributed by atoms with Crippen LogP contribution in [0.25, 0.3) is 0 Å². The van der Waals surface area contributed by atoms with E-state index in [2.05, 4.69) is 10.5 Å². The normalized spacial score (nSPS) is 36.8. The maximum absolute atomic E-state index is 11.4. The average molecular weight is 181 g/mol. The van der Waals surface area contributed by atoms with Crippen LogP contribution in [0, 0.1) is 11.8 Å². The first-order chi connectivity index (χ1) is 6.31. The Bertz CT molecular complexity index is 239. The quantitative estimate of drug-likeness (QED) is 0.624. The molecular weight excluding hydrogens is 166 g/mol. The standard InChI is InChI=1S/C9H15N3O/c10-4-9(13)6-1-2-8-7(3-6)5-11-12-8/h5-8,12H,1-4,10H2. The summed E-state index contributed by atoms with van der Waals surface area (Å²) in [5, 5.41) is 4.03. The Morgan fingerprint density at radius 3 is 3.23 bits per heavy atom. The fourth-order valence-corrected chi connectivity index (χ4v) is 2.22. The fraction of sp³-hybridized carbons (Fsp3) is 0.778. The van der Waals surface area contributed by atoms with E-state index in [1.54, 1.807) is 0 Å². The predicted octanol–water partition coefficient (Wildman–Crippen LogP) is -0.112. The second kappa shape index (κ2) is 3.46. The summed E-state index contributed by atoms with van der Waals surface area (Å²) >= 11 is 0. The molecule has 1 heterocycles. The lowest BCUT2D eigenvalue weighted by molar-refractivity contribution is -0.122. The summed E-state index contributed by atoms with van der Waals surface area (Å²) in [6, 6.07) is 0.474. The van der Waals surface area contributed by atoms with E-state index in [1.165, 1.54) is 0 Å². The molecule has 1 saturated carbocycles. The Hall–Kier alpha value is -0.900. The first-order valence-corrected chi connectivity index (χ1v) is 4.82. The molecule has 1 aliphatic carbocycles. The van der Waals surface area contributed by atoms with Crippen LogP contribution in [-0.2, 0) is 4.79 Å². The highest BCUT2D eigenvalue weighted by Gasteiger charge is 2.34. The summed E-state index contributed by atoms with van der Waals surface area (Å²) in [6.45, 7) is 0.187. The highest BCUT2D eigenvalue weighted by molar-refractivity contribution is 5.83. The van der Waals surface area contributed by atoms with Gasteiger partial charge in [0.25, 0.3) is 0 Å². The summed E-state index contributed by atoms with van der Waals surface area (Å²) in [4.78, 5) is 11.4. The van der Waals surface area contributed by atoms with Gasteiger partial charge in [0.2, 0.25) is 0 Å². The Balaban J connectivity index is 1.96. The van der Waals surface area contributed by atoms with Gasteiger partial charge in [-0.2, -0.15) is 5.10 Å². The van der Waals surface area contributed by atoms with Gasteiger partial charge >= 0.3 is 0 Å². The van der Waals surface area contributed by atoms with E-state index in [0.29, 0.717) is 12.0 Å². The number of carbonyl (C=O) groups excluding carboxylic acids is 1. The Morgan fingerprint density at radius 1 is 1.62 bits per heavy atom. The van der Waals surface area contributed by atoms with E-state index in [4.69, 9.17) is 5.73 Å². The zero-order chi connectivity index (χ0) is 9.26. The average Bonchev–Trinajstić information content (AvgIpc) is 2.63. The summed E-state index contributed by atoms with van der Waals surface area (Å²) in [5.74, 6) is 0.839. The van der Waals surface area contributed by atoms with Crippen molar-refractivity contribution in [1.29, 1.82) is 0 Å². The molecule has 0 aromatic rings. The SMILES string of the molecule is NCC(=O)C1CCC2NN=CC2C1. The molecule has 0 saturated heterocycles. The lowest BCUT2D eigenvalue weighted by Gasteiger charge is -2.29. The number of rotatable bonds is 2. The van der Waals surface area contributed by atoms with Gasteiger partial charge in [-0.15, -0.1) is 0 Å². The molecule has 3 atom stereocenters. The molecule has 2 rings (SSSR count). The van der Waals surface area contributed by atoms with Gasteiger partial charge in [-0.3, -0.25) is 4.79 Å². The number of ketones is 1. The minimum absolute atomic E-state index is 0.178. The van der Waals surface area contributed by atoms with E-state index in [9.17, 15) is 4.79 Å². The number of fused-ring (bicyclic) bond motifs is 1. The first kappa shape index (κ1) is 8.69. The minimum Gasteiger partial charge on any atom is -0.324 e. The Kier molecular flexibility index (Phi) is 2.31. The van der Waals surface area contributed by atoms with Gasteiger partial charge in [0.15, 0.2) is 0 Å². The molecule has 1 fully saturated rings. The van der Waals surface area contributed by atoms with E-state index < -0.39 is 0 Å². The number of nitrogens with zero attached hydrogens (tertiary/aromatic N) is 1. The molecule has 0 spiro atoms. The molecule has 3 N–H and O–H groups in total. The lowest BCUT2D eigenvalue weighted by Crippen LogP contribution is -2.37. The predicted molar refractivity (Wildman–Crippen MR) is 50.3 cm³/mol. The van der Waals surface area contributed by atoms with E-state index >= 15 is 0 Å². The van der Waals surface area contributed by atoms with E-state index in [0.717, 1.165) is 19.3 Å². The summed E-state index contributed by atoms with van der Waals surface area (Å²) < 4.78 is 0. The van der Waals surface area contributed by atoms with Gasteiger partial charge in [0.1, 0.15) is 5.78 Å². The summed E-state index contributed by atoms with van der Waals surface area (Å²) in [7, 11) is 0. The van der Waals surface area contributed by atoms with Crippen molar-refractivity contribution in [2.75, 3.05) is 6.54 Å². The number of hydrogen-bond acceptors (Lipinski definition) is 4. The first-order valence-electron chi connectivity index (χ1n) is 4.82.